The Morgan fingerprint density at radius 3 is 2.59 bits per heavy atom. The normalized spacial score (nSPS) is 10.1. The third kappa shape index (κ3) is 4.78. The molecule has 94 valence electrons. The Labute approximate surface area is 97.6 Å². The van der Waals surface area contributed by atoms with Gasteiger partial charge in [-0.05, 0) is 18.1 Å². The average molecular weight is 244 g/mol. The van der Waals surface area contributed by atoms with Crippen LogP contribution < -0.4 is 10.6 Å². The van der Waals surface area contributed by atoms with Crippen LogP contribution in [0.5, 0.6) is 0 Å². The van der Waals surface area contributed by atoms with E-state index < -0.39 is 17.7 Å². The van der Waals surface area contributed by atoms with Gasteiger partial charge in [0.05, 0.1) is 6.61 Å². The van der Waals surface area contributed by atoms with Crippen molar-refractivity contribution in [1.82, 2.24) is 10.6 Å². The summed E-state index contributed by atoms with van der Waals surface area (Å²) in [4.78, 5) is 11.0. The van der Waals surface area contributed by atoms with Crippen LogP contribution in [0.1, 0.15) is 5.56 Å². The van der Waals surface area contributed by atoms with Crippen LogP contribution in [0.2, 0.25) is 0 Å². The molecule has 6 heteroatoms. The molecule has 1 rings (SSSR count). The first kappa shape index (κ1) is 13.4. The third-order valence-electron chi connectivity index (χ3n) is 2.09. The number of aliphatic hydroxyl groups is 1. The highest BCUT2D eigenvalue weighted by molar-refractivity contribution is 5.73. The van der Waals surface area contributed by atoms with Crippen LogP contribution in [-0.2, 0) is 6.42 Å². The molecule has 1 aromatic rings. The standard InChI is InChI=1S/C11H14F2N2O2/c12-9-2-1-8(10(13)7-9)3-4-14-11(17)15-5-6-16/h1-2,7,16H,3-6H2,(H2,14,15,17). The number of aliphatic hydroxyl groups excluding tert-OH is 1. The molecule has 0 bridgehead atoms. The molecule has 3 N–H and O–H groups in total. The van der Waals surface area contributed by atoms with Crippen LogP contribution in [0.25, 0.3) is 0 Å². The van der Waals surface area contributed by atoms with Crippen molar-refractivity contribution in [2.45, 2.75) is 6.42 Å². The Morgan fingerprint density at radius 1 is 1.24 bits per heavy atom. The summed E-state index contributed by atoms with van der Waals surface area (Å²) in [7, 11) is 0. The highest BCUT2D eigenvalue weighted by atomic mass is 19.1. The van der Waals surface area contributed by atoms with Gasteiger partial charge in [0.2, 0.25) is 0 Å². The zero-order chi connectivity index (χ0) is 12.7. The number of amides is 2. The predicted octanol–water partition coefficient (Wildman–Crippen LogP) is 0.799. The minimum atomic E-state index is -0.625. The summed E-state index contributed by atoms with van der Waals surface area (Å²) < 4.78 is 25.8. The first-order valence-corrected chi connectivity index (χ1v) is 5.20. The molecule has 0 atom stereocenters. The van der Waals surface area contributed by atoms with Crippen LogP contribution in [0.3, 0.4) is 0 Å². The summed E-state index contributed by atoms with van der Waals surface area (Å²) in [5.74, 6) is -1.25. The molecule has 0 saturated carbocycles. The lowest BCUT2D eigenvalue weighted by atomic mass is 10.1. The molecule has 0 aliphatic carbocycles. The molecule has 17 heavy (non-hydrogen) atoms. The molecule has 0 spiro atoms. The van der Waals surface area contributed by atoms with E-state index in [0.29, 0.717) is 5.56 Å². The smallest absolute Gasteiger partial charge is 0.314 e. The summed E-state index contributed by atoms with van der Waals surface area (Å²) in [6.45, 7) is 0.260. The molecular weight excluding hydrogens is 230 g/mol. The predicted molar refractivity (Wildman–Crippen MR) is 58.5 cm³/mol. The Morgan fingerprint density at radius 2 is 1.94 bits per heavy atom. The lowest BCUT2D eigenvalue weighted by Crippen LogP contribution is -2.38. The highest BCUT2D eigenvalue weighted by Gasteiger charge is 2.04. The number of hydrogen-bond acceptors (Lipinski definition) is 2. The first-order chi connectivity index (χ1) is 8.13. The van der Waals surface area contributed by atoms with Gasteiger partial charge in [-0.25, -0.2) is 13.6 Å². The maximum absolute atomic E-state index is 13.2. The number of urea groups is 1. The van der Waals surface area contributed by atoms with Crippen LogP contribution in [0.4, 0.5) is 13.6 Å². The van der Waals surface area contributed by atoms with Crippen LogP contribution in [0, 0.1) is 11.6 Å². The maximum Gasteiger partial charge on any atom is 0.314 e. The Bertz CT molecular complexity index is 386. The maximum atomic E-state index is 13.2. The molecule has 0 heterocycles. The van der Waals surface area contributed by atoms with Crippen molar-refractivity contribution in [1.29, 1.82) is 0 Å². The second kappa shape index (κ2) is 6.80. The summed E-state index contributed by atoms with van der Waals surface area (Å²) >= 11 is 0. The van der Waals surface area contributed by atoms with Crippen molar-refractivity contribution in [2.75, 3.05) is 19.7 Å². The third-order valence-corrected chi connectivity index (χ3v) is 2.09. The summed E-state index contributed by atoms with van der Waals surface area (Å²) in [6, 6.07) is 2.89. The minimum Gasteiger partial charge on any atom is -0.395 e. The summed E-state index contributed by atoms with van der Waals surface area (Å²) in [5.41, 5.74) is 0.342. The number of benzene rings is 1. The quantitative estimate of drug-likeness (QED) is 0.717. The van der Waals surface area contributed by atoms with Gasteiger partial charge in [-0.2, -0.15) is 0 Å². The molecule has 0 saturated heterocycles. The van der Waals surface area contributed by atoms with E-state index >= 15 is 0 Å². The van der Waals surface area contributed by atoms with Crippen LogP contribution >= 0.6 is 0 Å². The number of halogens is 2. The molecule has 0 aliphatic heterocycles. The van der Waals surface area contributed by atoms with E-state index in [1.165, 1.54) is 12.1 Å². The molecule has 0 unspecified atom stereocenters. The van der Waals surface area contributed by atoms with E-state index in [-0.39, 0.29) is 26.1 Å². The van der Waals surface area contributed by atoms with E-state index in [9.17, 15) is 13.6 Å². The molecule has 0 aliphatic rings. The molecule has 4 nitrogen and oxygen atoms in total. The topological polar surface area (TPSA) is 61.4 Å². The number of hydrogen-bond donors (Lipinski definition) is 3. The van der Waals surface area contributed by atoms with E-state index in [4.69, 9.17) is 5.11 Å². The van der Waals surface area contributed by atoms with Gasteiger partial charge in [-0.15, -0.1) is 0 Å². The van der Waals surface area contributed by atoms with Crippen molar-refractivity contribution in [3.8, 4) is 0 Å². The molecule has 0 radical (unpaired) electrons. The van der Waals surface area contributed by atoms with Gasteiger partial charge in [-0.1, -0.05) is 6.07 Å². The molecule has 0 aromatic heterocycles. The Balaban J connectivity index is 2.33. The van der Waals surface area contributed by atoms with Crippen molar-refractivity contribution in [3.63, 3.8) is 0 Å². The molecule has 2 amide bonds. The van der Waals surface area contributed by atoms with Gasteiger partial charge in [0.15, 0.2) is 0 Å². The number of carbonyl (C=O) groups excluding carboxylic acids is 1. The summed E-state index contributed by atoms with van der Waals surface area (Å²) in [5, 5.41) is 13.3. The molecular formula is C11H14F2N2O2. The SMILES string of the molecule is O=C(NCCO)NCCc1ccc(F)cc1F. The fraction of sp³-hybridized carbons (Fsp3) is 0.364. The minimum absolute atomic E-state index is 0.139. The monoisotopic (exact) mass is 244 g/mol. The van der Waals surface area contributed by atoms with E-state index in [1.807, 2.05) is 0 Å². The van der Waals surface area contributed by atoms with Crippen LogP contribution in [-0.4, -0.2) is 30.8 Å². The van der Waals surface area contributed by atoms with Crippen molar-refractivity contribution >= 4 is 6.03 Å². The molecule has 0 fully saturated rings. The van der Waals surface area contributed by atoms with Crippen LogP contribution in [0.15, 0.2) is 18.2 Å². The second-order valence-electron chi connectivity index (χ2n) is 3.39. The molecule has 1 aromatic carbocycles. The first-order valence-electron chi connectivity index (χ1n) is 5.20. The van der Waals surface area contributed by atoms with Gasteiger partial charge < -0.3 is 15.7 Å². The van der Waals surface area contributed by atoms with Crippen molar-refractivity contribution < 1.29 is 18.7 Å². The highest BCUT2D eigenvalue weighted by Crippen LogP contribution is 2.09. The lowest BCUT2D eigenvalue weighted by molar-refractivity contribution is 0.234. The zero-order valence-electron chi connectivity index (χ0n) is 9.17. The number of carbonyl (C=O) groups is 1. The van der Waals surface area contributed by atoms with Gasteiger partial charge >= 0.3 is 6.03 Å². The fourth-order valence-electron chi connectivity index (χ4n) is 1.27. The largest absolute Gasteiger partial charge is 0.395 e. The number of nitrogens with one attached hydrogen (secondary N) is 2. The van der Waals surface area contributed by atoms with Gasteiger partial charge in [-0.3, -0.25) is 0 Å². The van der Waals surface area contributed by atoms with Gasteiger partial charge in [0.25, 0.3) is 0 Å². The van der Waals surface area contributed by atoms with Gasteiger partial charge in [0, 0.05) is 19.2 Å². The Kier molecular flexibility index (Phi) is 5.35. The Hall–Kier alpha value is -1.69. The van der Waals surface area contributed by atoms with E-state index in [1.54, 1.807) is 0 Å². The van der Waals surface area contributed by atoms with Gasteiger partial charge in [0.1, 0.15) is 11.6 Å². The van der Waals surface area contributed by atoms with Crippen molar-refractivity contribution in [2.24, 2.45) is 0 Å². The van der Waals surface area contributed by atoms with E-state index in [0.717, 1.165) is 6.07 Å². The number of rotatable bonds is 5. The summed E-state index contributed by atoms with van der Waals surface area (Å²) in [6.07, 6.45) is 0.276. The zero-order valence-corrected chi connectivity index (χ0v) is 9.17. The van der Waals surface area contributed by atoms with Crippen molar-refractivity contribution in [3.05, 3.63) is 35.4 Å². The second-order valence-corrected chi connectivity index (χ2v) is 3.39. The van der Waals surface area contributed by atoms with E-state index in [2.05, 4.69) is 10.6 Å². The lowest BCUT2D eigenvalue weighted by Gasteiger charge is -2.07. The average Bonchev–Trinajstić information content (AvgIpc) is 2.29. The fourth-order valence-corrected chi connectivity index (χ4v) is 1.27.